The average molecular weight is 205 g/mol. The zero-order valence-corrected chi connectivity index (χ0v) is 7.35. The van der Waals surface area contributed by atoms with Crippen molar-refractivity contribution in [2.45, 2.75) is 11.0 Å². The summed E-state index contributed by atoms with van der Waals surface area (Å²) in [5, 5.41) is -3.40. The lowest BCUT2D eigenvalue weighted by atomic mass is 10.2. The third-order valence-corrected chi connectivity index (χ3v) is 2.66. The summed E-state index contributed by atoms with van der Waals surface area (Å²) in [4.78, 5) is 0. The van der Waals surface area contributed by atoms with Gasteiger partial charge in [-0.1, -0.05) is 0 Å². The highest BCUT2D eigenvalue weighted by molar-refractivity contribution is 7.84. The fourth-order valence-corrected chi connectivity index (χ4v) is 2.00. The first-order valence-electron chi connectivity index (χ1n) is 2.88. The van der Waals surface area contributed by atoms with Gasteiger partial charge in [-0.3, -0.25) is 4.21 Å². The molecule has 0 radical (unpaired) electrons. The molecular weight excluding hydrogens is 198 g/mol. The van der Waals surface area contributed by atoms with Gasteiger partial charge < -0.3 is 4.74 Å². The zero-order valence-electron chi connectivity index (χ0n) is 5.77. The molecule has 1 rings (SSSR count). The van der Waals surface area contributed by atoms with E-state index in [1.807, 2.05) is 0 Å². The molecule has 0 bridgehead atoms. The molecule has 0 aromatic heterocycles. The molecule has 1 fully saturated rings. The number of hydrogen-bond donors (Lipinski definition) is 0. The van der Waals surface area contributed by atoms with E-state index in [2.05, 4.69) is 4.74 Å². The maximum absolute atomic E-state index is 12.4. The molecular formula is C5H7ClF2O2S. The van der Waals surface area contributed by atoms with Crippen molar-refractivity contribution in [1.82, 2.24) is 0 Å². The monoisotopic (exact) mass is 204 g/mol. The number of halogens is 3. The highest BCUT2D eigenvalue weighted by Gasteiger charge is 2.64. The Morgan fingerprint density at radius 3 is 2.36 bits per heavy atom. The SMILES string of the molecule is CS(=O)CC1(C(F)(F)Cl)CO1. The van der Waals surface area contributed by atoms with Crippen LogP contribution in [0.25, 0.3) is 0 Å². The molecule has 0 aromatic carbocycles. The Bertz CT molecular complexity index is 187. The van der Waals surface area contributed by atoms with E-state index in [9.17, 15) is 13.0 Å². The second-order valence-corrected chi connectivity index (χ2v) is 4.41. The summed E-state index contributed by atoms with van der Waals surface area (Å²) in [5.41, 5.74) is -1.66. The first kappa shape index (κ1) is 9.35. The van der Waals surface area contributed by atoms with E-state index in [0.29, 0.717) is 0 Å². The molecule has 1 saturated heterocycles. The molecule has 2 unspecified atom stereocenters. The summed E-state index contributed by atoms with van der Waals surface area (Å²) >= 11 is 4.74. The molecule has 0 aliphatic carbocycles. The number of alkyl halides is 3. The second kappa shape index (κ2) is 2.64. The first-order chi connectivity index (χ1) is 4.87. The Balaban J connectivity index is 2.61. The molecule has 1 heterocycles. The van der Waals surface area contributed by atoms with Gasteiger partial charge in [0.25, 0.3) is 0 Å². The van der Waals surface area contributed by atoms with E-state index in [1.54, 1.807) is 0 Å². The Labute approximate surface area is 70.3 Å². The van der Waals surface area contributed by atoms with Gasteiger partial charge in [0.15, 0.2) is 5.60 Å². The molecule has 6 heteroatoms. The Morgan fingerprint density at radius 2 is 2.27 bits per heavy atom. The number of ether oxygens (including phenoxy) is 1. The van der Waals surface area contributed by atoms with Crippen LogP contribution in [0.4, 0.5) is 8.78 Å². The summed E-state index contributed by atoms with van der Waals surface area (Å²) in [6, 6.07) is 0. The number of hydrogen-bond acceptors (Lipinski definition) is 2. The third kappa shape index (κ3) is 1.89. The standard InChI is InChI=1S/C5H7ClF2O2S/c1-11(9)3-4(2-10-4)5(6,7)8/h2-3H2,1H3. The molecule has 1 aliphatic heterocycles. The van der Waals surface area contributed by atoms with E-state index in [0.717, 1.165) is 0 Å². The lowest BCUT2D eigenvalue weighted by Gasteiger charge is -2.15. The molecule has 2 nitrogen and oxygen atoms in total. The summed E-state index contributed by atoms with van der Waals surface area (Å²) in [7, 11) is -1.31. The predicted octanol–water partition coefficient (Wildman–Crippen LogP) is 0.966. The van der Waals surface area contributed by atoms with E-state index >= 15 is 0 Å². The summed E-state index contributed by atoms with van der Waals surface area (Å²) in [6.07, 6.45) is 1.34. The van der Waals surface area contributed by atoms with E-state index in [4.69, 9.17) is 11.6 Å². The summed E-state index contributed by atoms with van der Waals surface area (Å²) in [5.74, 6) is -0.205. The second-order valence-electron chi connectivity index (χ2n) is 2.50. The zero-order chi connectivity index (χ0) is 8.70. The Kier molecular flexibility index (Phi) is 2.24. The van der Waals surface area contributed by atoms with Crippen molar-refractivity contribution in [1.29, 1.82) is 0 Å². The third-order valence-electron chi connectivity index (χ3n) is 1.45. The van der Waals surface area contributed by atoms with Crippen LogP contribution in [-0.2, 0) is 15.5 Å². The van der Waals surface area contributed by atoms with Crippen LogP contribution in [0.5, 0.6) is 0 Å². The molecule has 0 aromatic rings. The van der Waals surface area contributed by atoms with E-state index in [-0.39, 0.29) is 12.4 Å². The molecule has 66 valence electrons. The van der Waals surface area contributed by atoms with Crippen LogP contribution in [0.15, 0.2) is 0 Å². The number of rotatable bonds is 3. The quantitative estimate of drug-likeness (QED) is 0.507. The van der Waals surface area contributed by atoms with Crippen molar-refractivity contribution in [3.63, 3.8) is 0 Å². The van der Waals surface area contributed by atoms with Gasteiger partial charge in [0.05, 0.1) is 12.4 Å². The topological polar surface area (TPSA) is 29.6 Å². The van der Waals surface area contributed by atoms with Gasteiger partial charge >= 0.3 is 5.38 Å². The van der Waals surface area contributed by atoms with Gasteiger partial charge in [0, 0.05) is 17.1 Å². The highest BCUT2D eigenvalue weighted by Crippen LogP contribution is 2.45. The maximum Gasteiger partial charge on any atom is 0.353 e. The lowest BCUT2D eigenvalue weighted by molar-refractivity contribution is 0.0150. The largest absolute Gasteiger partial charge is 0.361 e. The van der Waals surface area contributed by atoms with Crippen LogP contribution in [0.2, 0.25) is 0 Å². The minimum absolute atomic E-state index is 0.108. The van der Waals surface area contributed by atoms with Gasteiger partial charge in [-0.2, -0.15) is 8.78 Å². The van der Waals surface area contributed by atoms with Crippen LogP contribution in [0.3, 0.4) is 0 Å². The van der Waals surface area contributed by atoms with E-state index < -0.39 is 21.8 Å². The lowest BCUT2D eigenvalue weighted by Crippen LogP contribution is -2.36. The normalized spacial score (nSPS) is 33.5. The van der Waals surface area contributed by atoms with Crippen molar-refractivity contribution < 1.29 is 17.7 Å². The average Bonchev–Trinajstić information content (AvgIpc) is 2.42. The van der Waals surface area contributed by atoms with Crippen LogP contribution in [-0.4, -0.2) is 33.8 Å². The van der Waals surface area contributed by atoms with E-state index in [1.165, 1.54) is 6.26 Å². The molecule has 0 saturated carbocycles. The van der Waals surface area contributed by atoms with Gasteiger partial charge in [-0.25, -0.2) is 0 Å². The van der Waals surface area contributed by atoms with Crippen molar-refractivity contribution in [3.8, 4) is 0 Å². The highest BCUT2D eigenvalue weighted by atomic mass is 35.5. The minimum Gasteiger partial charge on any atom is -0.361 e. The molecule has 11 heavy (non-hydrogen) atoms. The van der Waals surface area contributed by atoms with Crippen molar-refractivity contribution >= 4 is 22.4 Å². The van der Waals surface area contributed by atoms with Crippen LogP contribution >= 0.6 is 11.6 Å². The van der Waals surface area contributed by atoms with Gasteiger partial charge in [0.2, 0.25) is 0 Å². The Morgan fingerprint density at radius 1 is 1.82 bits per heavy atom. The van der Waals surface area contributed by atoms with Crippen molar-refractivity contribution in [2.24, 2.45) is 0 Å². The predicted molar refractivity (Wildman–Crippen MR) is 38.4 cm³/mol. The van der Waals surface area contributed by atoms with Gasteiger partial charge in [-0.05, 0) is 11.6 Å². The van der Waals surface area contributed by atoms with Crippen LogP contribution in [0.1, 0.15) is 0 Å². The molecule has 0 spiro atoms. The molecule has 0 N–H and O–H groups in total. The number of epoxide rings is 1. The Hall–Kier alpha value is 0.260. The minimum atomic E-state index is -3.40. The molecule has 0 amide bonds. The summed E-state index contributed by atoms with van der Waals surface area (Å²) < 4.78 is 39.9. The maximum atomic E-state index is 12.4. The molecule has 1 aliphatic rings. The van der Waals surface area contributed by atoms with Crippen LogP contribution < -0.4 is 0 Å². The van der Waals surface area contributed by atoms with Crippen molar-refractivity contribution in [3.05, 3.63) is 0 Å². The summed E-state index contributed by atoms with van der Waals surface area (Å²) in [6.45, 7) is -0.108. The van der Waals surface area contributed by atoms with Crippen LogP contribution in [0, 0.1) is 0 Å². The molecule has 2 atom stereocenters. The fraction of sp³-hybridized carbons (Fsp3) is 1.00. The van der Waals surface area contributed by atoms with Crippen molar-refractivity contribution in [2.75, 3.05) is 18.6 Å². The fourth-order valence-electron chi connectivity index (χ4n) is 0.744. The van der Waals surface area contributed by atoms with Gasteiger partial charge in [-0.15, -0.1) is 0 Å². The van der Waals surface area contributed by atoms with Gasteiger partial charge in [0.1, 0.15) is 0 Å². The smallest absolute Gasteiger partial charge is 0.353 e. The first-order valence-corrected chi connectivity index (χ1v) is 4.99.